The van der Waals surface area contributed by atoms with E-state index in [0.717, 1.165) is 5.69 Å². The first-order valence-corrected chi connectivity index (χ1v) is 6.78. The second-order valence-electron chi connectivity index (χ2n) is 4.68. The van der Waals surface area contributed by atoms with E-state index in [-0.39, 0.29) is 5.91 Å². The molecule has 0 aliphatic carbocycles. The van der Waals surface area contributed by atoms with Gasteiger partial charge in [0.2, 0.25) is 0 Å². The topological polar surface area (TPSA) is 38.3 Å². The Morgan fingerprint density at radius 1 is 1.10 bits per heavy atom. The van der Waals surface area contributed by atoms with E-state index in [9.17, 15) is 4.79 Å². The molecular formula is C17H19NO2. The average Bonchev–Trinajstić information content (AvgIpc) is 2.47. The van der Waals surface area contributed by atoms with Crippen LogP contribution in [0.1, 0.15) is 18.9 Å². The monoisotopic (exact) mass is 269 g/mol. The molecule has 3 nitrogen and oxygen atoms in total. The number of carbonyl (C=O) groups excluding carboxylic acids is 1. The van der Waals surface area contributed by atoms with E-state index in [0.29, 0.717) is 12.2 Å². The molecule has 0 heterocycles. The van der Waals surface area contributed by atoms with Crippen LogP contribution in [0.5, 0.6) is 5.75 Å². The fraction of sp³-hybridized carbons (Fsp3) is 0.235. The predicted octanol–water partition coefficient (Wildman–Crippen LogP) is 3.79. The van der Waals surface area contributed by atoms with Gasteiger partial charge in [-0.05, 0) is 37.6 Å². The molecule has 2 rings (SSSR count). The van der Waals surface area contributed by atoms with Crippen LogP contribution in [0.25, 0.3) is 0 Å². The largest absolute Gasteiger partial charge is 0.481 e. The molecule has 0 saturated heterocycles. The van der Waals surface area contributed by atoms with E-state index >= 15 is 0 Å². The number of nitrogens with one attached hydrogen (secondary N) is 1. The Labute approximate surface area is 119 Å². The van der Waals surface area contributed by atoms with Gasteiger partial charge in [-0.1, -0.05) is 42.8 Å². The summed E-state index contributed by atoms with van der Waals surface area (Å²) in [5.41, 5.74) is 1.95. The lowest BCUT2D eigenvalue weighted by Crippen LogP contribution is -2.32. The van der Waals surface area contributed by atoms with E-state index in [1.165, 1.54) is 5.56 Å². The molecule has 1 N–H and O–H groups in total. The summed E-state index contributed by atoms with van der Waals surface area (Å²) in [4.78, 5) is 12.2. The number of para-hydroxylation sites is 1. The molecular weight excluding hydrogens is 250 g/mol. The lowest BCUT2D eigenvalue weighted by Gasteiger charge is -2.17. The molecule has 20 heavy (non-hydrogen) atoms. The first-order valence-electron chi connectivity index (χ1n) is 6.78. The van der Waals surface area contributed by atoms with Crippen molar-refractivity contribution in [3.63, 3.8) is 0 Å². The number of amides is 1. The zero-order chi connectivity index (χ0) is 14.4. The zero-order valence-electron chi connectivity index (χ0n) is 11.8. The van der Waals surface area contributed by atoms with Gasteiger partial charge >= 0.3 is 0 Å². The minimum absolute atomic E-state index is 0.126. The summed E-state index contributed by atoms with van der Waals surface area (Å²) < 4.78 is 5.74. The van der Waals surface area contributed by atoms with Crippen molar-refractivity contribution in [3.8, 4) is 5.75 Å². The van der Waals surface area contributed by atoms with Crippen molar-refractivity contribution in [2.75, 3.05) is 5.32 Å². The summed E-state index contributed by atoms with van der Waals surface area (Å²) in [7, 11) is 0. The van der Waals surface area contributed by atoms with Gasteiger partial charge in [-0.3, -0.25) is 4.79 Å². The molecule has 1 amide bonds. The second kappa shape index (κ2) is 6.75. The molecule has 3 heteroatoms. The maximum atomic E-state index is 12.2. The third-order valence-electron chi connectivity index (χ3n) is 3.00. The van der Waals surface area contributed by atoms with Gasteiger partial charge in [-0.15, -0.1) is 0 Å². The van der Waals surface area contributed by atoms with Gasteiger partial charge in [0.05, 0.1) is 0 Å². The van der Waals surface area contributed by atoms with Crippen molar-refractivity contribution < 1.29 is 9.53 Å². The molecule has 0 fully saturated rings. The van der Waals surface area contributed by atoms with Crippen molar-refractivity contribution in [3.05, 3.63) is 60.2 Å². The summed E-state index contributed by atoms with van der Waals surface area (Å²) in [6.45, 7) is 3.95. The number of hydrogen-bond donors (Lipinski definition) is 1. The van der Waals surface area contributed by atoms with Gasteiger partial charge in [-0.2, -0.15) is 0 Å². The van der Waals surface area contributed by atoms with E-state index in [1.807, 2.05) is 68.4 Å². The first kappa shape index (κ1) is 14.1. The van der Waals surface area contributed by atoms with Crippen molar-refractivity contribution >= 4 is 11.6 Å². The summed E-state index contributed by atoms with van der Waals surface area (Å²) in [5.74, 6) is 0.588. The van der Waals surface area contributed by atoms with Crippen molar-refractivity contribution in [2.24, 2.45) is 0 Å². The number of ether oxygens (including phenoxy) is 1. The SMILES string of the molecule is CC[C@@H](Oc1ccc(C)cc1)C(=O)Nc1ccccc1. The minimum atomic E-state index is -0.488. The van der Waals surface area contributed by atoms with Crippen LogP contribution in [0, 0.1) is 6.92 Å². The average molecular weight is 269 g/mol. The highest BCUT2D eigenvalue weighted by atomic mass is 16.5. The molecule has 0 bridgehead atoms. The van der Waals surface area contributed by atoms with Crippen LogP contribution in [-0.2, 0) is 4.79 Å². The van der Waals surface area contributed by atoms with Crippen LogP contribution >= 0.6 is 0 Å². The van der Waals surface area contributed by atoms with Crippen molar-refractivity contribution in [1.82, 2.24) is 0 Å². The summed E-state index contributed by atoms with van der Waals surface area (Å²) in [6.07, 6.45) is 0.130. The minimum Gasteiger partial charge on any atom is -0.481 e. The highest BCUT2D eigenvalue weighted by Crippen LogP contribution is 2.16. The molecule has 0 aromatic heterocycles. The van der Waals surface area contributed by atoms with E-state index in [2.05, 4.69) is 5.32 Å². The Morgan fingerprint density at radius 2 is 1.75 bits per heavy atom. The molecule has 0 radical (unpaired) electrons. The molecule has 2 aromatic rings. The Kier molecular flexibility index (Phi) is 4.77. The summed E-state index contributed by atoms with van der Waals surface area (Å²) in [6, 6.07) is 17.1. The van der Waals surface area contributed by atoms with Crippen molar-refractivity contribution in [1.29, 1.82) is 0 Å². The zero-order valence-corrected chi connectivity index (χ0v) is 11.8. The lowest BCUT2D eigenvalue weighted by atomic mass is 10.2. The smallest absolute Gasteiger partial charge is 0.265 e. The van der Waals surface area contributed by atoms with Crippen LogP contribution in [0.2, 0.25) is 0 Å². The van der Waals surface area contributed by atoms with Gasteiger partial charge in [0.15, 0.2) is 6.10 Å². The molecule has 0 unspecified atom stereocenters. The molecule has 0 saturated carbocycles. The maximum absolute atomic E-state index is 12.2. The quantitative estimate of drug-likeness (QED) is 0.896. The maximum Gasteiger partial charge on any atom is 0.265 e. The number of benzene rings is 2. The van der Waals surface area contributed by atoms with E-state index in [1.54, 1.807) is 0 Å². The molecule has 0 spiro atoms. The van der Waals surface area contributed by atoms with Gasteiger partial charge < -0.3 is 10.1 Å². The summed E-state index contributed by atoms with van der Waals surface area (Å²) in [5, 5.41) is 2.86. The Hall–Kier alpha value is -2.29. The second-order valence-corrected chi connectivity index (χ2v) is 4.68. The highest BCUT2D eigenvalue weighted by molar-refractivity contribution is 5.94. The molecule has 0 aliphatic rings. The Balaban J connectivity index is 2.00. The molecule has 104 valence electrons. The summed E-state index contributed by atoms with van der Waals surface area (Å²) >= 11 is 0. The number of carbonyl (C=O) groups is 1. The van der Waals surface area contributed by atoms with Crippen LogP contribution < -0.4 is 10.1 Å². The van der Waals surface area contributed by atoms with Crippen LogP contribution in [0.15, 0.2) is 54.6 Å². The number of rotatable bonds is 5. The van der Waals surface area contributed by atoms with Crippen LogP contribution in [-0.4, -0.2) is 12.0 Å². The predicted molar refractivity (Wildman–Crippen MR) is 81.0 cm³/mol. The fourth-order valence-corrected chi connectivity index (χ4v) is 1.85. The third-order valence-corrected chi connectivity index (χ3v) is 3.00. The molecule has 2 aromatic carbocycles. The van der Waals surface area contributed by atoms with Crippen LogP contribution in [0.4, 0.5) is 5.69 Å². The van der Waals surface area contributed by atoms with E-state index < -0.39 is 6.10 Å². The van der Waals surface area contributed by atoms with Crippen molar-refractivity contribution in [2.45, 2.75) is 26.4 Å². The Morgan fingerprint density at radius 3 is 2.35 bits per heavy atom. The van der Waals surface area contributed by atoms with E-state index in [4.69, 9.17) is 4.74 Å². The number of anilines is 1. The standard InChI is InChI=1S/C17H19NO2/c1-3-16(20-15-11-9-13(2)10-12-15)17(19)18-14-7-5-4-6-8-14/h4-12,16H,3H2,1-2H3,(H,18,19)/t16-/m1/s1. The Bertz CT molecular complexity index is 549. The third kappa shape index (κ3) is 3.85. The highest BCUT2D eigenvalue weighted by Gasteiger charge is 2.18. The van der Waals surface area contributed by atoms with Crippen LogP contribution in [0.3, 0.4) is 0 Å². The van der Waals surface area contributed by atoms with Gasteiger partial charge in [0.25, 0.3) is 5.91 Å². The number of aryl methyl sites for hydroxylation is 1. The normalized spacial score (nSPS) is 11.7. The van der Waals surface area contributed by atoms with Gasteiger partial charge in [0, 0.05) is 5.69 Å². The first-order chi connectivity index (χ1) is 9.69. The molecule has 0 aliphatic heterocycles. The fourth-order valence-electron chi connectivity index (χ4n) is 1.85. The lowest BCUT2D eigenvalue weighted by molar-refractivity contribution is -0.122. The molecule has 1 atom stereocenters. The van der Waals surface area contributed by atoms with Gasteiger partial charge in [-0.25, -0.2) is 0 Å². The number of hydrogen-bond acceptors (Lipinski definition) is 2. The van der Waals surface area contributed by atoms with Gasteiger partial charge in [0.1, 0.15) is 5.75 Å².